The number of rotatable bonds is 13. The van der Waals surface area contributed by atoms with Crippen molar-refractivity contribution in [1.82, 2.24) is 9.62 Å². The molecule has 0 saturated heterocycles. The highest BCUT2D eigenvalue weighted by molar-refractivity contribution is 7.89. The lowest BCUT2D eigenvalue weighted by atomic mass is 9.88. The van der Waals surface area contributed by atoms with Gasteiger partial charge in [-0.2, -0.15) is 17.5 Å². The number of carbonyl (C=O) groups is 1. The molecule has 3 N–H and O–H groups in total. The smallest absolute Gasteiger partial charge is 0.417 e. The van der Waals surface area contributed by atoms with E-state index in [-0.39, 0.29) is 42.6 Å². The molecule has 1 aliphatic carbocycles. The molecule has 0 heterocycles. The highest BCUT2D eigenvalue weighted by Crippen LogP contribution is 2.39. The summed E-state index contributed by atoms with van der Waals surface area (Å²) in [4.78, 5) is 10.3. The molecule has 3 aromatic carbocycles. The second-order valence-corrected chi connectivity index (χ2v) is 14.3. The molecule has 3 aromatic rings. The Morgan fingerprint density at radius 3 is 2.20 bits per heavy atom. The van der Waals surface area contributed by atoms with Gasteiger partial charge in [0.25, 0.3) is 0 Å². The van der Waals surface area contributed by atoms with Crippen LogP contribution in [0.25, 0.3) is 11.1 Å². The number of nitrogens with zero attached hydrogens (tertiary/aromatic N) is 1. The lowest BCUT2D eigenvalue weighted by molar-refractivity contribution is -0.138. The highest BCUT2D eigenvalue weighted by Gasteiger charge is 2.36. The molecular formula is C33H39F3N2O5S. The van der Waals surface area contributed by atoms with Gasteiger partial charge < -0.3 is 15.5 Å². The molecule has 1 atom stereocenters. The third kappa shape index (κ3) is 8.47. The maximum absolute atomic E-state index is 14.1. The molecule has 238 valence electrons. The highest BCUT2D eigenvalue weighted by atomic mass is 32.2. The van der Waals surface area contributed by atoms with Gasteiger partial charge in [0.05, 0.1) is 16.6 Å². The van der Waals surface area contributed by atoms with Crippen LogP contribution in [0.3, 0.4) is 0 Å². The van der Waals surface area contributed by atoms with Gasteiger partial charge in [-0.25, -0.2) is 8.42 Å². The van der Waals surface area contributed by atoms with Crippen LogP contribution in [0.4, 0.5) is 13.2 Å². The largest absolute Gasteiger partial charge is 0.481 e. The number of aliphatic hydroxyl groups is 1. The molecule has 1 aliphatic rings. The Kier molecular flexibility index (Phi) is 10.2. The predicted octanol–water partition coefficient (Wildman–Crippen LogP) is 5.54. The van der Waals surface area contributed by atoms with Crippen LogP contribution in [0, 0.1) is 5.92 Å². The van der Waals surface area contributed by atoms with E-state index in [2.05, 4.69) is 17.4 Å². The number of halogens is 3. The number of sulfonamides is 1. The predicted molar refractivity (Wildman–Crippen MR) is 163 cm³/mol. The number of fused-ring (bicyclic) bond motifs is 1. The molecule has 44 heavy (non-hydrogen) atoms. The summed E-state index contributed by atoms with van der Waals surface area (Å²) < 4.78 is 69.8. The maximum Gasteiger partial charge on any atom is 0.417 e. The summed E-state index contributed by atoms with van der Waals surface area (Å²) in [6.07, 6.45) is -2.96. The zero-order valence-electron chi connectivity index (χ0n) is 25.1. The van der Waals surface area contributed by atoms with Crippen molar-refractivity contribution < 1.29 is 36.6 Å². The standard InChI is InChI=1S/C33H39F3N2O5S/c1-32(2,19-23-16-25-6-4-5-7-26(25)17-23)37-20-27(39)21-38(3)44(42,43)28-13-14-29(30(18-28)33(34,35)36)24-11-8-22(9-12-24)10-15-31(40)41/h4-9,11-14,18,23,27,37,39H,10,15-17,19-21H2,1-3H3,(H,40,41)/t27-/m1/s1. The van der Waals surface area contributed by atoms with Crippen LogP contribution in [0.15, 0.2) is 71.6 Å². The van der Waals surface area contributed by atoms with E-state index in [1.54, 1.807) is 12.1 Å². The molecular weight excluding hydrogens is 593 g/mol. The van der Waals surface area contributed by atoms with E-state index in [1.165, 1.54) is 30.3 Å². The summed E-state index contributed by atoms with van der Waals surface area (Å²) in [7, 11) is -3.12. The van der Waals surface area contributed by atoms with Crippen molar-refractivity contribution >= 4 is 16.0 Å². The van der Waals surface area contributed by atoms with Gasteiger partial charge in [0.1, 0.15) is 0 Å². The lowest BCUT2D eigenvalue weighted by Gasteiger charge is -2.31. The van der Waals surface area contributed by atoms with E-state index < -0.39 is 38.7 Å². The lowest BCUT2D eigenvalue weighted by Crippen LogP contribution is -2.47. The molecule has 0 amide bonds. The summed E-state index contributed by atoms with van der Waals surface area (Å²) in [6.45, 7) is 3.88. The third-order valence-corrected chi connectivity index (χ3v) is 9.94. The number of aliphatic hydroxyl groups excluding tert-OH is 1. The number of likely N-dealkylation sites (N-methyl/N-ethyl adjacent to an activating group) is 1. The summed E-state index contributed by atoms with van der Waals surface area (Å²) in [5.74, 6) is -0.524. The number of benzene rings is 3. The van der Waals surface area contributed by atoms with Gasteiger partial charge in [0.2, 0.25) is 10.0 Å². The number of carboxylic acid groups (broad SMARTS) is 1. The van der Waals surface area contributed by atoms with Gasteiger partial charge in [-0.1, -0.05) is 54.6 Å². The fraction of sp³-hybridized carbons (Fsp3) is 0.424. The SMILES string of the molecule is CN(C[C@H](O)CNC(C)(C)CC1Cc2ccccc2C1)S(=O)(=O)c1ccc(-c2ccc(CCC(=O)O)cc2)c(C(F)(F)F)c1. The molecule has 0 aliphatic heterocycles. The molecule has 4 rings (SSSR count). The Labute approximate surface area is 256 Å². The minimum absolute atomic E-state index is 0.106. The van der Waals surface area contributed by atoms with Crippen molar-refractivity contribution in [2.75, 3.05) is 20.1 Å². The fourth-order valence-electron chi connectivity index (χ4n) is 5.89. The Morgan fingerprint density at radius 2 is 1.64 bits per heavy atom. The number of aliphatic carboxylic acids is 1. The first kappa shape index (κ1) is 33.6. The first-order valence-corrected chi connectivity index (χ1v) is 16.0. The average Bonchev–Trinajstić information content (AvgIpc) is 3.36. The average molecular weight is 633 g/mol. The Bertz CT molecular complexity index is 1550. The molecule has 11 heteroatoms. The number of alkyl halides is 3. The number of nitrogens with one attached hydrogen (secondary N) is 1. The van der Waals surface area contributed by atoms with Crippen LogP contribution in [0.1, 0.15) is 48.9 Å². The monoisotopic (exact) mass is 632 g/mol. The van der Waals surface area contributed by atoms with E-state index in [4.69, 9.17) is 5.11 Å². The second-order valence-electron chi connectivity index (χ2n) is 12.2. The van der Waals surface area contributed by atoms with Gasteiger partial charge in [0, 0.05) is 32.1 Å². The Morgan fingerprint density at radius 1 is 1.02 bits per heavy atom. The van der Waals surface area contributed by atoms with Gasteiger partial charge >= 0.3 is 12.1 Å². The van der Waals surface area contributed by atoms with Crippen molar-refractivity contribution in [3.8, 4) is 11.1 Å². The van der Waals surface area contributed by atoms with Crippen LogP contribution >= 0.6 is 0 Å². The summed E-state index contributed by atoms with van der Waals surface area (Å²) in [6, 6.07) is 17.3. The van der Waals surface area contributed by atoms with E-state index in [0.717, 1.165) is 35.7 Å². The molecule has 0 aromatic heterocycles. The maximum atomic E-state index is 14.1. The minimum atomic E-state index is -4.84. The zero-order valence-corrected chi connectivity index (χ0v) is 25.9. The quantitative estimate of drug-likeness (QED) is 0.228. The van der Waals surface area contributed by atoms with Crippen molar-refractivity contribution in [3.05, 3.63) is 89.0 Å². The van der Waals surface area contributed by atoms with Gasteiger partial charge in [-0.15, -0.1) is 0 Å². The normalized spacial score (nSPS) is 15.0. The minimum Gasteiger partial charge on any atom is -0.481 e. The number of β-amino-alcohol motifs (C(OH)–C–C–N with tert-alkyl or cyclic N) is 1. The van der Waals surface area contributed by atoms with Crippen LogP contribution in [0.5, 0.6) is 0 Å². The van der Waals surface area contributed by atoms with E-state index >= 15 is 0 Å². The van der Waals surface area contributed by atoms with Crippen molar-refractivity contribution in [2.24, 2.45) is 5.92 Å². The van der Waals surface area contributed by atoms with Crippen LogP contribution in [0.2, 0.25) is 0 Å². The van der Waals surface area contributed by atoms with E-state index in [1.807, 2.05) is 26.0 Å². The summed E-state index contributed by atoms with van der Waals surface area (Å²) in [5.41, 5.74) is 1.96. The number of hydrogen-bond donors (Lipinski definition) is 3. The van der Waals surface area contributed by atoms with Crippen molar-refractivity contribution in [3.63, 3.8) is 0 Å². The molecule has 0 bridgehead atoms. The Balaban J connectivity index is 1.40. The number of aryl methyl sites for hydroxylation is 1. The number of hydrogen-bond acceptors (Lipinski definition) is 5. The third-order valence-electron chi connectivity index (χ3n) is 8.12. The number of carboxylic acids is 1. The molecule has 0 saturated carbocycles. The summed E-state index contributed by atoms with van der Waals surface area (Å²) in [5, 5.41) is 22.9. The van der Waals surface area contributed by atoms with Crippen molar-refractivity contribution in [2.45, 2.75) is 68.7 Å². The van der Waals surface area contributed by atoms with E-state index in [9.17, 15) is 31.5 Å². The van der Waals surface area contributed by atoms with Gasteiger partial charge in [0.15, 0.2) is 0 Å². The van der Waals surface area contributed by atoms with Crippen LogP contribution in [-0.2, 0) is 40.3 Å². The first-order valence-electron chi connectivity index (χ1n) is 14.5. The van der Waals surface area contributed by atoms with Crippen LogP contribution < -0.4 is 5.32 Å². The summed E-state index contributed by atoms with van der Waals surface area (Å²) >= 11 is 0. The second kappa shape index (κ2) is 13.4. The first-order chi connectivity index (χ1) is 20.5. The molecule has 0 spiro atoms. The molecule has 0 unspecified atom stereocenters. The van der Waals surface area contributed by atoms with Crippen molar-refractivity contribution in [1.29, 1.82) is 0 Å². The topological polar surface area (TPSA) is 107 Å². The Hall–Kier alpha value is -3.25. The van der Waals surface area contributed by atoms with Gasteiger partial charge in [-0.3, -0.25) is 4.79 Å². The van der Waals surface area contributed by atoms with E-state index in [0.29, 0.717) is 17.5 Å². The van der Waals surface area contributed by atoms with Gasteiger partial charge in [-0.05, 0) is 85.4 Å². The molecule has 0 radical (unpaired) electrons. The molecule has 0 fully saturated rings. The van der Waals surface area contributed by atoms with Crippen LogP contribution in [-0.4, -0.2) is 60.7 Å². The molecule has 7 nitrogen and oxygen atoms in total. The fourth-order valence-corrected chi connectivity index (χ4v) is 7.13. The zero-order chi connectivity index (χ0) is 32.3.